The van der Waals surface area contributed by atoms with E-state index >= 15 is 0 Å². The molecule has 4 nitrogen and oxygen atoms in total. The third-order valence-corrected chi connectivity index (χ3v) is 4.20. The molecule has 0 amide bonds. The average molecular weight is 327 g/mol. The summed E-state index contributed by atoms with van der Waals surface area (Å²) in [5.41, 5.74) is 3.71. The first kappa shape index (κ1) is 17.0. The first-order chi connectivity index (χ1) is 11.8. The van der Waals surface area contributed by atoms with Crippen LogP contribution < -0.4 is 4.74 Å². The zero-order chi connectivity index (χ0) is 16.6. The van der Waals surface area contributed by atoms with Gasteiger partial charge in [0.25, 0.3) is 0 Å². The van der Waals surface area contributed by atoms with Gasteiger partial charge in [0.05, 0.1) is 33.5 Å². The molecule has 2 aromatic carbocycles. The largest absolute Gasteiger partial charge is 0.497 e. The van der Waals surface area contributed by atoms with E-state index in [-0.39, 0.29) is 0 Å². The lowest BCUT2D eigenvalue weighted by molar-refractivity contribution is 0.0341. The first-order valence-electron chi connectivity index (χ1n) is 8.42. The van der Waals surface area contributed by atoms with E-state index in [0.29, 0.717) is 13.2 Å². The van der Waals surface area contributed by atoms with Gasteiger partial charge in [-0.05, 0) is 28.8 Å². The highest BCUT2D eigenvalue weighted by Crippen LogP contribution is 2.14. The molecule has 1 aliphatic rings. The second-order valence-corrected chi connectivity index (χ2v) is 6.05. The second-order valence-electron chi connectivity index (χ2n) is 6.05. The van der Waals surface area contributed by atoms with E-state index in [4.69, 9.17) is 14.2 Å². The molecule has 128 valence electrons. The van der Waals surface area contributed by atoms with Gasteiger partial charge in [0.2, 0.25) is 0 Å². The summed E-state index contributed by atoms with van der Waals surface area (Å²) in [6, 6.07) is 16.6. The third-order valence-electron chi connectivity index (χ3n) is 4.20. The third kappa shape index (κ3) is 5.06. The van der Waals surface area contributed by atoms with E-state index in [1.807, 2.05) is 24.3 Å². The molecule has 0 radical (unpaired) electrons. The van der Waals surface area contributed by atoms with Crippen molar-refractivity contribution in [1.82, 2.24) is 4.90 Å². The number of hydrogen-bond acceptors (Lipinski definition) is 4. The van der Waals surface area contributed by atoms with Gasteiger partial charge < -0.3 is 14.2 Å². The Hall–Kier alpha value is -1.88. The fourth-order valence-electron chi connectivity index (χ4n) is 2.84. The van der Waals surface area contributed by atoms with Crippen LogP contribution in [-0.4, -0.2) is 38.3 Å². The lowest BCUT2D eigenvalue weighted by Gasteiger charge is -2.26. The monoisotopic (exact) mass is 327 g/mol. The van der Waals surface area contributed by atoms with E-state index in [0.717, 1.165) is 44.2 Å². The minimum atomic E-state index is 0.609. The molecular formula is C20H25NO3. The molecule has 0 saturated carbocycles. The topological polar surface area (TPSA) is 30.9 Å². The molecule has 1 fully saturated rings. The van der Waals surface area contributed by atoms with Crippen LogP contribution in [0.1, 0.15) is 16.7 Å². The Kier molecular flexibility index (Phi) is 6.24. The van der Waals surface area contributed by atoms with Crippen molar-refractivity contribution in [3.05, 3.63) is 65.2 Å². The molecule has 24 heavy (non-hydrogen) atoms. The van der Waals surface area contributed by atoms with Crippen molar-refractivity contribution < 1.29 is 14.2 Å². The van der Waals surface area contributed by atoms with Gasteiger partial charge in [-0.25, -0.2) is 0 Å². The number of hydrogen-bond donors (Lipinski definition) is 0. The van der Waals surface area contributed by atoms with E-state index in [1.165, 1.54) is 11.1 Å². The molecule has 1 saturated heterocycles. The van der Waals surface area contributed by atoms with Gasteiger partial charge in [0.1, 0.15) is 5.75 Å². The molecule has 0 unspecified atom stereocenters. The Morgan fingerprint density at radius 2 is 1.62 bits per heavy atom. The quantitative estimate of drug-likeness (QED) is 0.781. The predicted molar refractivity (Wildman–Crippen MR) is 94.0 cm³/mol. The van der Waals surface area contributed by atoms with Crippen molar-refractivity contribution >= 4 is 0 Å². The van der Waals surface area contributed by atoms with Crippen molar-refractivity contribution in [1.29, 1.82) is 0 Å². The minimum absolute atomic E-state index is 0.609. The summed E-state index contributed by atoms with van der Waals surface area (Å²) >= 11 is 0. The van der Waals surface area contributed by atoms with Crippen LogP contribution in [0, 0.1) is 0 Å². The molecule has 2 aromatic rings. The molecule has 3 rings (SSSR count). The molecular weight excluding hydrogens is 302 g/mol. The summed E-state index contributed by atoms with van der Waals surface area (Å²) in [5, 5.41) is 0. The molecule has 0 bridgehead atoms. The number of morpholine rings is 1. The van der Waals surface area contributed by atoms with Crippen LogP contribution in [0.2, 0.25) is 0 Å². The van der Waals surface area contributed by atoms with Crippen LogP contribution in [0.3, 0.4) is 0 Å². The average Bonchev–Trinajstić information content (AvgIpc) is 2.63. The van der Waals surface area contributed by atoms with Crippen molar-refractivity contribution in [2.24, 2.45) is 0 Å². The van der Waals surface area contributed by atoms with Crippen molar-refractivity contribution in [3.63, 3.8) is 0 Å². The maximum absolute atomic E-state index is 5.85. The number of rotatable bonds is 7. The minimum Gasteiger partial charge on any atom is -0.497 e. The zero-order valence-corrected chi connectivity index (χ0v) is 14.2. The fourth-order valence-corrected chi connectivity index (χ4v) is 2.84. The molecule has 0 N–H and O–H groups in total. The zero-order valence-electron chi connectivity index (χ0n) is 14.2. The Balaban J connectivity index is 1.48. The lowest BCUT2D eigenvalue weighted by Crippen LogP contribution is -2.35. The molecule has 1 heterocycles. The van der Waals surface area contributed by atoms with E-state index in [2.05, 4.69) is 29.2 Å². The predicted octanol–water partition coefficient (Wildman–Crippen LogP) is 3.24. The molecule has 4 heteroatoms. The van der Waals surface area contributed by atoms with Gasteiger partial charge in [0, 0.05) is 19.6 Å². The van der Waals surface area contributed by atoms with Crippen LogP contribution >= 0.6 is 0 Å². The van der Waals surface area contributed by atoms with E-state index in [1.54, 1.807) is 7.11 Å². The van der Waals surface area contributed by atoms with Gasteiger partial charge in [-0.3, -0.25) is 4.90 Å². The second kappa shape index (κ2) is 8.83. The fraction of sp³-hybridized carbons (Fsp3) is 0.400. The van der Waals surface area contributed by atoms with Crippen LogP contribution in [0.25, 0.3) is 0 Å². The van der Waals surface area contributed by atoms with Crippen molar-refractivity contribution in [3.8, 4) is 5.75 Å². The number of ether oxygens (including phenoxy) is 3. The number of nitrogens with zero attached hydrogens (tertiary/aromatic N) is 1. The van der Waals surface area contributed by atoms with Crippen LogP contribution in [0.15, 0.2) is 48.5 Å². The smallest absolute Gasteiger partial charge is 0.118 e. The van der Waals surface area contributed by atoms with E-state index < -0.39 is 0 Å². The van der Waals surface area contributed by atoms with Gasteiger partial charge in [-0.1, -0.05) is 36.4 Å². The number of methoxy groups -OCH3 is 1. The maximum Gasteiger partial charge on any atom is 0.118 e. The molecule has 0 aromatic heterocycles. The van der Waals surface area contributed by atoms with Crippen LogP contribution in [-0.2, 0) is 29.2 Å². The van der Waals surface area contributed by atoms with Gasteiger partial charge in [-0.2, -0.15) is 0 Å². The van der Waals surface area contributed by atoms with Crippen LogP contribution in [0.5, 0.6) is 5.75 Å². The Bertz CT molecular complexity index is 621. The highest BCUT2D eigenvalue weighted by atomic mass is 16.5. The highest BCUT2D eigenvalue weighted by molar-refractivity contribution is 5.27. The standard InChI is InChI=1S/C20H25NO3/c1-22-20-7-5-17(6-8-20)15-24-16-19-4-2-3-18(13-19)14-21-9-11-23-12-10-21/h2-8,13H,9-12,14-16H2,1H3. The van der Waals surface area contributed by atoms with Crippen LogP contribution in [0.4, 0.5) is 0 Å². The summed E-state index contributed by atoms with van der Waals surface area (Å²) in [6.45, 7) is 5.92. The maximum atomic E-state index is 5.85. The highest BCUT2D eigenvalue weighted by Gasteiger charge is 2.10. The molecule has 1 aliphatic heterocycles. The SMILES string of the molecule is COc1ccc(COCc2cccc(CN3CCOCC3)c2)cc1. The Morgan fingerprint density at radius 3 is 2.38 bits per heavy atom. The van der Waals surface area contributed by atoms with Crippen molar-refractivity contribution in [2.45, 2.75) is 19.8 Å². The van der Waals surface area contributed by atoms with E-state index in [9.17, 15) is 0 Å². The molecule has 0 atom stereocenters. The summed E-state index contributed by atoms with van der Waals surface area (Å²) < 4.78 is 16.4. The normalized spacial score (nSPS) is 15.4. The Morgan fingerprint density at radius 1 is 0.917 bits per heavy atom. The van der Waals surface area contributed by atoms with Gasteiger partial charge >= 0.3 is 0 Å². The summed E-state index contributed by atoms with van der Waals surface area (Å²) in [4.78, 5) is 2.43. The van der Waals surface area contributed by atoms with Gasteiger partial charge in [-0.15, -0.1) is 0 Å². The first-order valence-corrected chi connectivity index (χ1v) is 8.42. The number of benzene rings is 2. The lowest BCUT2D eigenvalue weighted by atomic mass is 10.1. The van der Waals surface area contributed by atoms with Gasteiger partial charge in [0.15, 0.2) is 0 Å². The molecule has 0 spiro atoms. The summed E-state index contributed by atoms with van der Waals surface area (Å²) in [5.74, 6) is 0.870. The Labute approximate surface area is 144 Å². The molecule has 0 aliphatic carbocycles. The summed E-state index contributed by atoms with van der Waals surface area (Å²) in [7, 11) is 1.68. The van der Waals surface area contributed by atoms with Crippen molar-refractivity contribution in [2.75, 3.05) is 33.4 Å². The summed E-state index contributed by atoms with van der Waals surface area (Å²) in [6.07, 6.45) is 0.